The van der Waals surface area contributed by atoms with Crippen LogP contribution in [0.5, 0.6) is 5.75 Å². The molecule has 3 aromatic rings. The van der Waals surface area contributed by atoms with Crippen LogP contribution in [0.15, 0.2) is 53.1 Å². The number of rotatable bonds is 3. The molecule has 0 spiro atoms. The molecule has 0 unspecified atom stereocenters. The topological polar surface area (TPSA) is 38.5 Å². The molecular weight excluding hydrogens is 264 g/mol. The van der Waals surface area contributed by atoms with Crippen LogP contribution in [0.2, 0.25) is 0 Å². The number of hydrogen-bond donors (Lipinski definition) is 0. The lowest BCUT2D eigenvalue weighted by molar-refractivity contribution is 0.329. The predicted octanol–water partition coefficient (Wildman–Crippen LogP) is 3.27. The van der Waals surface area contributed by atoms with Crippen LogP contribution in [0.3, 0.4) is 0 Å². The summed E-state index contributed by atoms with van der Waals surface area (Å²) in [6.45, 7) is 2.40. The third-order valence-corrected chi connectivity index (χ3v) is 3.87. The van der Waals surface area contributed by atoms with Crippen LogP contribution in [-0.4, -0.2) is 24.9 Å². The normalized spacial score (nSPS) is 14.0. The van der Waals surface area contributed by atoms with Gasteiger partial charge >= 0.3 is 0 Å². The molecule has 4 nitrogen and oxygen atoms in total. The number of benzene rings is 2. The molecule has 2 heterocycles. The minimum atomic E-state index is 0.671. The summed E-state index contributed by atoms with van der Waals surface area (Å²) in [6.07, 6.45) is 0.983. The van der Waals surface area contributed by atoms with Crippen LogP contribution in [-0.2, 0) is 6.42 Å². The van der Waals surface area contributed by atoms with Crippen LogP contribution >= 0.6 is 0 Å². The third kappa shape index (κ3) is 2.23. The zero-order chi connectivity index (χ0) is 14.1. The van der Waals surface area contributed by atoms with Gasteiger partial charge in [0, 0.05) is 6.54 Å². The van der Waals surface area contributed by atoms with Gasteiger partial charge in [0.05, 0.1) is 6.54 Å². The van der Waals surface area contributed by atoms with Crippen molar-refractivity contribution >= 4 is 16.8 Å². The average Bonchev–Trinajstić information content (AvgIpc) is 2.87. The van der Waals surface area contributed by atoms with Gasteiger partial charge < -0.3 is 14.2 Å². The van der Waals surface area contributed by atoms with E-state index in [1.165, 1.54) is 5.56 Å². The van der Waals surface area contributed by atoms with Crippen molar-refractivity contribution in [1.29, 1.82) is 0 Å². The fourth-order valence-corrected chi connectivity index (χ4v) is 2.78. The van der Waals surface area contributed by atoms with E-state index in [4.69, 9.17) is 9.26 Å². The zero-order valence-corrected chi connectivity index (χ0v) is 11.7. The monoisotopic (exact) mass is 280 g/mol. The van der Waals surface area contributed by atoms with Crippen molar-refractivity contribution in [2.75, 3.05) is 24.6 Å². The summed E-state index contributed by atoms with van der Waals surface area (Å²) < 4.78 is 11.2. The lowest BCUT2D eigenvalue weighted by Crippen LogP contribution is -2.29. The van der Waals surface area contributed by atoms with Gasteiger partial charge in [0.15, 0.2) is 11.4 Å². The van der Waals surface area contributed by atoms with E-state index in [1.54, 1.807) is 0 Å². The molecule has 106 valence electrons. The van der Waals surface area contributed by atoms with Crippen LogP contribution < -0.4 is 9.64 Å². The maximum Gasteiger partial charge on any atom is 0.183 e. The van der Waals surface area contributed by atoms with Gasteiger partial charge in [-0.1, -0.05) is 41.6 Å². The second-order valence-electron chi connectivity index (χ2n) is 5.21. The molecule has 1 aliphatic heterocycles. The molecule has 0 radical (unpaired) electrons. The van der Waals surface area contributed by atoms with E-state index >= 15 is 0 Å². The van der Waals surface area contributed by atoms with E-state index < -0.39 is 0 Å². The van der Waals surface area contributed by atoms with E-state index in [2.05, 4.69) is 34.3 Å². The minimum absolute atomic E-state index is 0.671. The van der Waals surface area contributed by atoms with Crippen molar-refractivity contribution in [3.05, 3.63) is 54.1 Å². The molecule has 0 saturated carbocycles. The molecule has 21 heavy (non-hydrogen) atoms. The van der Waals surface area contributed by atoms with Crippen LogP contribution in [0, 0.1) is 0 Å². The summed E-state index contributed by atoms with van der Waals surface area (Å²) in [4.78, 5) is 2.25. The maximum absolute atomic E-state index is 5.82. The number of hydrogen-bond acceptors (Lipinski definition) is 4. The van der Waals surface area contributed by atoms with Gasteiger partial charge in [-0.2, -0.15) is 0 Å². The molecule has 1 aromatic heterocycles. The molecule has 4 heteroatoms. The molecule has 0 bridgehead atoms. The number of ether oxygens (including phenoxy) is 1. The van der Waals surface area contributed by atoms with E-state index in [0.29, 0.717) is 6.61 Å². The number of anilines is 1. The molecule has 4 rings (SSSR count). The predicted molar refractivity (Wildman–Crippen MR) is 81.9 cm³/mol. The highest BCUT2D eigenvalue weighted by molar-refractivity contribution is 5.94. The molecule has 0 aliphatic carbocycles. The fourth-order valence-electron chi connectivity index (χ4n) is 2.78. The first-order valence-electron chi connectivity index (χ1n) is 7.22. The second-order valence-corrected chi connectivity index (χ2v) is 5.21. The zero-order valence-electron chi connectivity index (χ0n) is 11.7. The molecule has 0 atom stereocenters. The van der Waals surface area contributed by atoms with E-state index in [1.807, 2.05) is 24.3 Å². The van der Waals surface area contributed by atoms with E-state index in [0.717, 1.165) is 42.0 Å². The molecule has 1 aliphatic rings. The first-order valence-corrected chi connectivity index (χ1v) is 7.22. The lowest BCUT2D eigenvalue weighted by atomic mass is 10.1. The Morgan fingerprint density at radius 1 is 1.05 bits per heavy atom. The highest BCUT2D eigenvalue weighted by atomic mass is 16.5. The molecule has 2 aromatic carbocycles. The largest absolute Gasteiger partial charge is 0.491 e. The SMILES string of the molecule is c1ccc(CCN2CCOc3cccc4onc2c34)cc1. The maximum atomic E-state index is 5.82. The van der Waals surface area contributed by atoms with Crippen molar-refractivity contribution < 1.29 is 9.26 Å². The quantitative estimate of drug-likeness (QED) is 0.738. The van der Waals surface area contributed by atoms with Gasteiger partial charge in [-0.15, -0.1) is 0 Å². The second kappa shape index (κ2) is 5.13. The van der Waals surface area contributed by atoms with E-state index in [-0.39, 0.29) is 0 Å². The van der Waals surface area contributed by atoms with Crippen molar-refractivity contribution in [2.24, 2.45) is 0 Å². The van der Waals surface area contributed by atoms with Crippen molar-refractivity contribution in [3.63, 3.8) is 0 Å². The average molecular weight is 280 g/mol. The van der Waals surface area contributed by atoms with Crippen LogP contribution in [0.25, 0.3) is 11.0 Å². The standard InChI is InChI=1S/C17H16N2O2/c1-2-5-13(6-3-1)9-10-19-11-12-20-14-7-4-8-15-16(14)17(19)18-21-15/h1-8H,9-12H2. The highest BCUT2D eigenvalue weighted by Gasteiger charge is 2.22. The number of nitrogens with zero attached hydrogens (tertiary/aromatic N) is 2. The summed E-state index contributed by atoms with van der Waals surface area (Å²) in [7, 11) is 0. The van der Waals surface area contributed by atoms with Gasteiger partial charge in [0.1, 0.15) is 17.7 Å². The first-order chi connectivity index (χ1) is 10.4. The Kier molecular flexibility index (Phi) is 2.99. The molecular formula is C17H16N2O2. The Hall–Kier alpha value is -2.49. The Morgan fingerprint density at radius 2 is 1.95 bits per heavy atom. The van der Waals surface area contributed by atoms with E-state index in [9.17, 15) is 0 Å². The Balaban J connectivity index is 1.64. The van der Waals surface area contributed by atoms with Crippen LogP contribution in [0.4, 0.5) is 5.82 Å². The summed E-state index contributed by atoms with van der Waals surface area (Å²) in [5.74, 6) is 1.76. The Morgan fingerprint density at radius 3 is 2.86 bits per heavy atom. The van der Waals surface area contributed by atoms with Crippen molar-refractivity contribution in [3.8, 4) is 5.75 Å². The van der Waals surface area contributed by atoms with Gasteiger partial charge in [-0.05, 0) is 24.1 Å². The fraction of sp³-hybridized carbons (Fsp3) is 0.235. The van der Waals surface area contributed by atoms with Gasteiger partial charge in [-0.25, -0.2) is 0 Å². The molecule has 0 amide bonds. The smallest absolute Gasteiger partial charge is 0.183 e. The lowest BCUT2D eigenvalue weighted by Gasteiger charge is -2.19. The van der Waals surface area contributed by atoms with Crippen LogP contribution in [0.1, 0.15) is 5.56 Å². The summed E-state index contributed by atoms with van der Waals surface area (Å²) in [6, 6.07) is 16.3. The first kappa shape index (κ1) is 12.3. The number of aromatic nitrogens is 1. The van der Waals surface area contributed by atoms with Gasteiger partial charge in [0.25, 0.3) is 0 Å². The molecule has 0 N–H and O–H groups in total. The minimum Gasteiger partial charge on any atom is -0.491 e. The van der Waals surface area contributed by atoms with Gasteiger partial charge in [0.2, 0.25) is 0 Å². The summed E-state index contributed by atoms with van der Waals surface area (Å²) in [5.41, 5.74) is 2.12. The summed E-state index contributed by atoms with van der Waals surface area (Å²) in [5, 5.41) is 5.24. The highest BCUT2D eigenvalue weighted by Crippen LogP contribution is 2.35. The van der Waals surface area contributed by atoms with Gasteiger partial charge in [-0.3, -0.25) is 0 Å². The van der Waals surface area contributed by atoms with Crippen molar-refractivity contribution in [1.82, 2.24) is 5.16 Å². The molecule has 0 fully saturated rings. The molecule has 0 saturated heterocycles. The van der Waals surface area contributed by atoms with Crippen molar-refractivity contribution in [2.45, 2.75) is 6.42 Å². The Bertz CT molecular complexity index is 752. The Labute approximate surface area is 122 Å². The third-order valence-electron chi connectivity index (χ3n) is 3.87. The summed E-state index contributed by atoms with van der Waals surface area (Å²) >= 11 is 0.